The highest BCUT2D eigenvalue weighted by Crippen LogP contribution is 2.56. The molecule has 3 saturated heterocycles. The van der Waals surface area contributed by atoms with Crippen LogP contribution in [-0.4, -0.2) is 109 Å². The maximum atomic E-state index is 7.03. The van der Waals surface area contributed by atoms with E-state index in [0.29, 0.717) is 33.0 Å². The zero-order valence-corrected chi connectivity index (χ0v) is 24.5. The molecule has 0 radical (unpaired) electrons. The van der Waals surface area contributed by atoms with Crippen molar-refractivity contribution in [2.24, 2.45) is 5.41 Å². The van der Waals surface area contributed by atoms with Gasteiger partial charge >= 0.3 is 0 Å². The average molecular weight is 546 g/mol. The molecule has 0 bridgehead atoms. The Balaban J connectivity index is 1.66. The van der Waals surface area contributed by atoms with Gasteiger partial charge in [0, 0.05) is 58.3 Å². The minimum Gasteiger partial charge on any atom is -0.378 e. The maximum Gasteiger partial charge on any atom is 0.281 e. The topological polar surface area (TPSA) is 72.0 Å². The predicted molar refractivity (Wildman–Crippen MR) is 147 cm³/mol. The van der Waals surface area contributed by atoms with Gasteiger partial charge in [-0.15, -0.1) is 5.06 Å². The first kappa shape index (κ1) is 28.7. The zero-order valence-electron chi connectivity index (χ0n) is 24.5. The van der Waals surface area contributed by atoms with Crippen LogP contribution >= 0.6 is 0 Å². The zero-order chi connectivity index (χ0) is 27.5. The van der Waals surface area contributed by atoms with Crippen LogP contribution in [0, 0.1) is 5.41 Å². The molecule has 0 aliphatic carbocycles. The number of hydroxylamine groups is 4. The molecule has 5 rings (SSSR count). The molecule has 0 aromatic carbocycles. The smallest absolute Gasteiger partial charge is 0.281 e. The molecule has 1 unspecified atom stereocenters. The fourth-order valence-electron chi connectivity index (χ4n) is 6.63. The third-order valence-electron chi connectivity index (χ3n) is 8.53. The lowest BCUT2D eigenvalue weighted by Crippen LogP contribution is -2.75. The Morgan fingerprint density at radius 2 is 1.44 bits per heavy atom. The molecule has 10 nitrogen and oxygen atoms in total. The molecule has 1 aromatic rings. The van der Waals surface area contributed by atoms with Gasteiger partial charge < -0.3 is 24.0 Å². The van der Waals surface area contributed by atoms with Crippen molar-refractivity contribution in [1.29, 1.82) is 0 Å². The maximum absolute atomic E-state index is 7.03. The molecule has 3 fully saturated rings. The van der Waals surface area contributed by atoms with Crippen molar-refractivity contribution >= 4 is 0 Å². The lowest BCUT2D eigenvalue weighted by atomic mass is 9.73. The Morgan fingerprint density at radius 1 is 0.821 bits per heavy atom. The van der Waals surface area contributed by atoms with Crippen molar-refractivity contribution in [1.82, 2.24) is 24.9 Å². The number of hydrogen-bond acceptors (Lipinski definition) is 10. The summed E-state index contributed by atoms with van der Waals surface area (Å²) in [7, 11) is 1.75. The summed E-state index contributed by atoms with van der Waals surface area (Å²) in [6, 6.07) is 5.89. The van der Waals surface area contributed by atoms with Gasteiger partial charge in [0.05, 0.1) is 48.8 Å². The van der Waals surface area contributed by atoms with Crippen LogP contribution in [0.4, 0.5) is 0 Å². The summed E-state index contributed by atoms with van der Waals surface area (Å²) in [6.45, 7) is 17.0. The number of aromatic nitrogens is 1. The van der Waals surface area contributed by atoms with Crippen molar-refractivity contribution < 1.29 is 23.9 Å². The number of hydrogen-bond donors (Lipinski definition) is 0. The van der Waals surface area contributed by atoms with Crippen LogP contribution in [0.25, 0.3) is 0 Å². The van der Waals surface area contributed by atoms with Crippen LogP contribution in [0.15, 0.2) is 35.8 Å². The number of rotatable bonds is 8. The van der Waals surface area contributed by atoms with Crippen molar-refractivity contribution in [2.75, 3.05) is 72.8 Å². The second-order valence-electron chi connectivity index (χ2n) is 11.8. The number of piperidine rings is 1. The second-order valence-corrected chi connectivity index (χ2v) is 11.8. The lowest BCUT2D eigenvalue weighted by molar-refractivity contribution is -0.508. The van der Waals surface area contributed by atoms with E-state index < -0.39 is 16.9 Å². The van der Waals surface area contributed by atoms with Crippen molar-refractivity contribution in [2.45, 2.75) is 65.0 Å². The summed E-state index contributed by atoms with van der Waals surface area (Å²) >= 11 is 0. The Hall–Kier alpha value is -1.79. The van der Waals surface area contributed by atoms with Gasteiger partial charge in [0.2, 0.25) is 0 Å². The van der Waals surface area contributed by atoms with E-state index in [9.17, 15) is 0 Å². The first-order valence-electron chi connectivity index (χ1n) is 14.5. The first-order chi connectivity index (χ1) is 18.8. The highest BCUT2D eigenvalue weighted by atomic mass is 16.9. The highest BCUT2D eigenvalue weighted by molar-refractivity contribution is 5.34. The van der Waals surface area contributed by atoms with E-state index in [1.54, 1.807) is 13.3 Å². The lowest BCUT2D eigenvalue weighted by Gasteiger charge is -2.63. The van der Waals surface area contributed by atoms with Gasteiger partial charge in [-0.2, -0.15) is 5.06 Å². The van der Waals surface area contributed by atoms with Crippen molar-refractivity contribution in [3.8, 4) is 0 Å². The van der Waals surface area contributed by atoms with Gasteiger partial charge in [-0.1, -0.05) is 12.5 Å². The molecule has 1 aromatic heterocycles. The summed E-state index contributed by atoms with van der Waals surface area (Å²) < 4.78 is 18.1. The predicted octanol–water partition coefficient (Wildman–Crippen LogP) is 3.23. The molecule has 0 N–H and O–H groups in total. The van der Waals surface area contributed by atoms with E-state index in [4.69, 9.17) is 23.9 Å². The first-order valence-corrected chi connectivity index (χ1v) is 14.5. The van der Waals surface area contributed by atoms with Crippen molar-refractivity contribution in [3.63, 3.8) is 0 Å². The van der Waals surface area contributed by atoms with E-state index in [0.717, 1.165) is 57.8 Å². The number of ether oxygens (including phenoxy) is 3. The Kier molecular flexibility index (Phi) is 8.83. The van der Waals surface area contributed by atoms with E-state index in [1.807, 2.05) is 23.3 Å². The summed E-state index contributed by atoms with van der Waals surface area (Å²) in [5, 5.41) is 4.07. The molecule has 10 heteroatoms. The van der Waals surface area contributed by atoms with Gasteiger partial charge in [0.25, 0.3) is 5.91 Å². The van der Waals surface area contributed by atoms with Crippen LogP contribution in [0.5, 0.6) is 0 Å². The van der Waals surface area contributed by atoms with Crippen LogP contribution in [0.1, 0.15) is 52.7 Å². The molecule has 1 atom stereocenters. The molecule has 5 heterocycles. The van der Waals surface area contributed by atoms with Crippen molar-refractivity contribution in [3.05, 3.63) is 41.5 Å². The normalized spacial score (nSPS) is 28.6. The molecule has 0 saturated carbocycles. The molecule has 0 spiro atoms. The number of morpholine rings is 2. The molecule has 0 amide bonds. The fourth-order valence-corrected chi connectivity index (χ4v) is 6.63. The summed E-state index contributed by atoms with van der Waals surface area (Å²) in [4.78, 5) is 23.3. The Morgan fingerprint density at radius 3 is 2.00 bits per heavy atom. The molecule has 4 aliphatic rings. The van der Waals surface area contributed by atoms with Gasteiger partial charge in [0.15, 0.2) is 0 Å². The highest BCUT2D eigenvalue weighted by Gasteiger charge is 2.67. The van der Waals surface area contributed by atoms with Gasteiger partial charge in [0.1, 0.15) is 6.61 Å². The molecule has 218 valence electrons. The molecule has 4 aliphatic heterocycles. The van der Waals surface area contributed by atoms with Gasteiger partial charge in [-0.05, 0) is 52.7 Å². The van der Waals surface area contributed by atoms with E-state index in [1.165, 1.54) is 17.8 Å². The van der Waals surface area contributed by atoms with Crippen LogP contribution < -0.4 is 0 Å². The monoisotopic (exact) mass is 545 g/mol. The molecule has 39 heavy (non-hydrogen) atoms. The van der Waals surface area contributed by atoms with Crippen LogP contribution in [0.3, 0.4) is 0 Å². The summed E-state index contributed by atoms with van der Waals surface area (Å²) in [6.07, 6.45) is 5.22. The van der Waals surface area contributed by atoms with Gasteiger partial charge in [-0.25, -0.2) is 4.84 Å². The van der Waals surface area contributed by atoms with E-state index in [-0.39, 0.29) is 0 Å². The summed E-state index contributed by atoms with van der Waals surface area (Å²) in [5.74, 6) is -1.23. The Bertz CT molecular complexity index is 972. The van der Waals surface area contributed by atoms with E-state index in [2.05, 4.69) is 47.5 Å². The minimum atomic E-state index is -1.23. The van der Waals surface area contributed by atoms with Crippen LogP contribution in [0.2, 0.25) is 0 Å². The summed E-state index contributed by atoms with van der Waals surface area (Å²) in [5.41, 5.74) is 2.08. The third kappa shape index (κ3) is 5.45. The second kappa shape index (κ2) is 12.0. The number of nitrogens with zero attached hydrogens (tertiary/aromatic N) is 5. The van der Waals surface area contributed by atoms with E-state index >= 15 is 0 Å². The average Bonchev–Trinajstić information content (AvgIpc) is 2.96. The molecular formula is C29H47N5O5. The van der Waals surface area contributed by atoms with Crippen LogP contribution in [-0.2, 0) is 30.5 Å². The quantitative estimate of drug-likeness (QED) is 0.455. The Labute approximate surface area is 233 Å². The number of pyridine rings is 1. The standard InChI is InChI=1S/C29H47N5O5/c1-27(2)25(31-15-19-36-20-16-31)26(32-17-21-37-22-18-32)28(3,4)34(38-23-24-11-7-8-12-30-24)29(27,35-5)39-33-13-9-6-10-14-33/h7-8,11-12H,6,9-10,13-23H2,1-5H3. The largest absolute Gasteiger partial charge is 0.378 e. The minimum absolute atomic E-state index is 0.304. The third-order valence-corrected chi connectivity index (χ3v) is 8.53. The van der Waals surface area contributed by atoms with Gasteiger partial charge in [-0.3, -0.25) is 9.82 Å². The fraction of sp³-hybridized carbons (Fsp3) is 0.759. The molecular weight excluding hydrogens is 498 g/mol. The number of methoxy groups -OCH3 is 1. The SMILES string of the molecule is COC1(ON2CCCCC2)N(OCc2ccccn2)C(C)(C)C(N2CCOCC2)=C(N2CCOCC2)C1(C)C.